The van der Waals surface area contributed by atoms with Gasteiger partial charge in [-0.15, -0.1) is 11.3 Å². The zero-order valence-electron chi connectivity index (χ0n) is 39.5. The Kier molecular flexibility index (Phi) is 5.54. The van der Waals surface area contributed by atoms with Crippen molar-refractivity contribution in [3.63, 3.8) is 0 Å². The molecule has 0 radical (unpaired) electrons. The molecule has 0 atom stereocenters. The van der Waals surface area contributed by atoms with Crippen LogP contribution < -0.4 is 0 Å². The Hall–Kier alpha value is -7.01. The standard InChI is InChI=1S/C52H33N3S/c1-4-16-34(17-5-1)49-53-50(37-19-14-18-35(32-37)36-30-31-47-43(33-36)40-24-11-13-29-46(40)56-47)55-51(54-49)42-26-15-28-45-48(42)41-25-10-12-27-44(41)52(45,38-20-6-2-7-21-38)39-22-8-3-9-23-39/h1-33H/i2D,3D,6D,7D,8D,9D,20D,21D,22D,23D. The van der Waals surface area contributed by atoms with Crippen molar-refractivity contribution in [2.75, 3.05) is 0 Å². The summed E-state index contributed by atoms with van der Waals surface area (Å²) in [6.07, 6.45) is 0. The molecule has 3 nitrogen and oxygen atoms in total. The van der Waals surface area contributed by atoms with E-state index >= 15 is 0 Å². The summed E-state index contributed by atoms with van der Waals surface area (Å²) in [4.78, 5) is 15.3. The molecule has 0 N–H and O–H groups in total. The van der Waals surface area contributed by atoms with Gasteiger partial charge in [0.15, 0.2) is 17.5 Å². The number of fused-ring (bicyclic) bond motifs is 6. The van der Waals surface area contributed by atoms with Crippen LogP contribution in [0, 0.1) is 0 Å². The Balaban J connectivity index is 1.19. The molecule has 0 aliphatic heterocycles. The zero-order chi connectivity index (χ0) is 45.8. The third kappa shape index (κ3) is 5.07. The average molecular weight is 742 g/mol. The van der Waals surface area contributed by atoms with E-state index in [1.807, 2.05) is 54.6 Å². The van der Waals surface area contributed by atoms with Gasteiger partial charge in [-0.1, -0.05) is 176 Å². The maximum Gasteiger partial charge on any atom is 0.164 e. The van der Waals surface area contributed by atoms with Gasteiger partial charge in [0, 0.05) is 36.9 Å². The molecule has 11 rings (SSSR count). The largest absolute Gasteiger partial charge is 0.208 e. The minimum atomic E-state index is -2.01. The third-order valence-electron chi connectivity index (χ3n) is 10.6. The molecule has 4 heteroatoms. The van der Waals surface area contributed by atoms with Crippen molar-refractivity contribution < 1.29 is 13.7 Å². The smallest absolute Gasteiger partial charge is 0.164 e. The van der Waals surface area contributed by atoms with E-state index in [0.29, 0.717) is 39.5 Å². The van der Waals surface area contributed by atoms with Crippen molar-refractivity contribution in [3.05, 3.63) is 222 Å². The summed E-state index contributed by atoms with van der Waals surface area (Å²) < 4.78 is 92.4. The van der Waals surface area contributed by atoms with Crippen molar-refractivity contribution in [2.24, 2.45) is 0 Å². The molecule has 0 bridgehead atoms. The maximum absolute atomic E-state index is 9.40. The lowest BCUT2D eigenvalue weighted by atomic mass is 9.67. The van der Waals surface area contributed by atoms with Crippen LogP contribution >= 0.6 is 11.3 Å². The van der Waals surface area contributed by atoms with Crippen LogP contribution in [0.15, 0.2) is 200 Å². The fourth-order valence-corrected chi connectivity index (χ4v) is 9.22. The van der Waals surface area contributed by atoms with Crippen LogP contribution in [0.2, 0.25) is 0 Å². The molecule has 2 heterocycles. The van der Waals surface area contributed by atoms with Crippen LogP contribution in [-0.4, -0.2) is 15.0 Å². The highest BCUT2D eigenvalue weighted by Gasteiger charge is 2.47. The first-order chi connectivity index (χ1) is 31.9. The van der Waals surface area contributed by atoms with Gasteiger partial charge in [-0.3, -0.25) is 0 Å². The van der Waals surface area contributed by atoms with Gasteiger partial charge in [-0.05, 0) is 68.8 Å². The summed E-state index contributed by atoms with van der Waals surface area (Å²) in [7, 11) is 0. The SMILES string of the molecule is [2H]c1c([2H])c([2H])c(C2(c3c([2H])c([2H])c([2H])c([2H])c3[2H])c3ccccc3-c3c(-c4nc(-c5ccccc5)nc(-c5cccc(-c6ccc7sc8ccccc8c7c6)c5)n4)cccc32)c([2H])c1[2H]. The molecule has 2 aromatic heterocycles. The first-order valence-electron chi connectivity index (χ1n) is 23.1. The average Bonchev–Trinajstić information content (AvgIpc) is 3.87. The number of rotatable bonds is 6. The van der Waals surface area contributed by atoms with Gasteiger partial charge in [0.25, 0.3) is 0 Å². The van der Waals surface area contributed by atoms with Crippen molar-refractivity contribution in [3.8, 4) is 56.4 Å². The van der Waals surface area contributed by atoms with Gasteiger partial charge in [0.05, 0.1) is 19.1 Å². The van der Waals surface area contributed by atoms with Gasteiger partial charge < -0.3 is 0 Å². The Morgan fingerprint density at radius 2 is 0.982 bits per heavy atom. The molecule has 0 saturated carbocycles. The molecule has 0 saturated heterocycles. The summed E-state index contributed by atoms with van der Waals surface area (Å²) in [5, 5.41) is 2.37. The molecule has 0 spiro atoms. The molecule has 1 aliphatic carbocycles. The lowest BCUT2D eigenvalue weighted by molar-refractivity contribution is 0.768. The highest BCUT2D eigenvalue weighted by atomic mass is 32.1. The minimum absolute atomic E-state index is 0.248. The van der Waals surface area contributed by atoms with E-state index in [4.69, 9.17) is 23.2 Å². The van der Waals surface area contributed by atoms with E-state index in [2.05, 4.69) is 54.6 Å². The molecule has 0 amide bonds. The van der Waals surface area contributed by atoms with Crippen LogP contribution in [0.4, 0.5) is 0 Å². The monoisotopic (exact) mass is 741 g/mol. The summed E-state index contributed by atoms with van der Waals surface area (Å²) in [6.45, 7) is 0. The first kappa shape index (κ1) is 23.7. The van der Waals surface area contributed by atoms with E-state index in [1.54, 1.807) is 41.7 Å². The van der Waals surface area contributed by atoms with Crippen molar-refractivity contribution >= 4 is 31.5 Å². The van der Waals surface area contributed by atoms with E-state index in [-0.39, 0.29) is 17.0 Å². The van der Waals surface area contributed by atoms with Crippen molar-refractivity contribution in [1.29, 1.82) is 0 Å². The van der Waals surface area contributed by atoms with Crippen LogP contribution in [0.25, 0.3) is 76.6 Å². The maximum atomic E-state index is 9.40. The number of thiophene rings is 1. The lowest BCUT2D eigenvalue weighted by Crippen LogP contribution is -2.28. The minimum Gasteiger partial charge on any atom is -0.208 e. The summed E-state index contributed by atoms with van der Waals surface area (Å²) in [5.74, 6) is 1.03. The van der Waals surface area contributed by atoms with Crippen LogP contribution in [0.5, 0.6) is 0 Å². The molecular formula is C52H33N3S. The summed E-state index contributed by atoms with van der Waals surface area (Å²) in [5.41, 5.74) is 3.19. The molecule has 56 heavy (non-hydrogen) atoms. The highest BCUT2D eigenvalue weighted by molar-refractivity contribution is 7.25. The lowest BCUT2D eigenvalue weighted by Gasteiger charge is -2.33. The molecule has 0 unspecified atom stereocenters. The zero-order valence-corrected chi connectivity index (χ0v) is 30.3. The van der Waals surface area contributed by atoms with Crippen LogP contribution in [-0.2, 0) is 5.41 Å². The first-order valence-corrected chi connectivity index (χ1v) is 18.9. The van der Waals surface area contributed by atoms with E-state index < -0.39 is 65.8 Å². The van der Waals surface area contributed by atoms with Gasteiger partial charge in [-0.25, -0.2) is 15.0 Å². The number of hydrogen-bond acceptors (Lipinski definition) is 4. The summed E-state index contributed by atoms with van der Waals surface area (Å²) in [6, 6.07) is 38.7. The second-order valence-electron chi connectivity index (χ2n) is 13.6. The van der Waals surface area contributed by atoms with Crippen molar-refractivity contribution in [1.82, 2.24) is 15.0 Å². The molecular weight excluding hydrogens is 699 g/mol. The topological polar surface area (TPSA) is 38.7 Å². The molecule has 262 valence electrons. The van der Waals surface area contributed by atoms with Gasteiger partial charge >= 0.3 is 0 Å². The van der Waals surface area contributed by atoms with E-state index in [9.17, 15) is 5.48 Å². The van der Waals surface area contributed by atoms with E-state index in [0.717, 1.165) is 22.3 Å². The third-order valence-corrected chi connectivity index (χ3v) is 11.7. The predicted octanol–water partition coefficient (Wildman–Crippen LogP) is 13.3. The van der Waals surface area contributed by atoms with Crippen LogP contribution in [0.1, 0.15) is 36.0 Å². The number of benzene rings is 8. The number of hydrogen-bond donors (Lipinski definition) is 0. The second-order valence-corrected chi connectivity index (χ2v) is 14.7. The normalized spacial score (nSPS) is 15.3. The molecule has 10 aromatic rings. The van der Waals surface area contributed by atoms with Gasteiger partial charge in [0.2, 0.25) is 0 Å². The number of nitrogens with zero attached hydrogens (tertiary/aromatic N) is 3. The Labute approximate surface area is 343 Å². The molecule has 0 fully saturated rings. The second kappa shape index (κ2) is 13.1. The molecule has 1 aliphatic rings. The quantitative estimate of drug-likeness (QED) is 0.170. The van der Waals surface area contributed by atoms with Crippen LogP contribution in [0.3, 0.4) is 0 Å². The fraction of sp³-hybridized carbons (Fsp3) is 0.0192. The Bertz CT molecular complexity index is 3560. The van der Waals surface area contributed by atoms with Gasteiger partial charge in [0.1, 0.15) is 0 Å². The van der Waals surface area contributed by atoms with Gasteiger partial charge in [-0.2, -0.15) is 0 Å². The van der Waals surface area contributed by atoms with E-state index in [1.165, 1.54) is 20.2 Å². The highest BCUT2D eigenvalue weighted by Crippen LogP contribution is 2.58. The predicted molar refractivity (Wildman–Crippen MR) is 232 cm³/mol. The number of aromatic nitrogens is 3. The Morgan fingerprint density at radius 3 is 1.79 bits per heavy atom. The molecule has 8 aromatic carbocycles. The fourth-order valence-electron chi connectivity index (χ4n) is 8.14. The Morgan fingerprint density at radius 1 is 0.411 bits per heavy atom. The summed E-state index contributed by atoms with van der Waals surface area (Å²) >= 11 is 1.76. The van der Waals surface area contributed by atoms with Crippen molar-refractivity contribution in [2.45, 2.75) is 5.41 Å².